The monoisotopic (exact) mass is 426 g/mol. The zero-order chi connectivity index (χ0) is 20.9. The van der Waals surface area contributed by atoms with E-state index in [9.17, 15) is 4.79 Å². The normalized spacial score (nSPS) is 16.4. The Labute approximate surface area is 180 Å². The summed E-state index contributed by atoms with van der Waals surface area (Å²) in [5, 5.41) is 10.6. The second kappa shape index (κ2) is 9.40. The maximum absolute atomic E-state index is 12.4. The van der Waals surface area contributed by atoms with Gasteiger partial charge in [-0.15, -0.1) is 0 Å². The fraction of sp³-hybridized carbons (Fsp3) is 0.409. The Morgan fingerprint density at radius 1 is 1.33 bits per heavy atom. The number of hydrogen-bond acceptors (Lipinski definition) is 7. The second-order valence-electron chi connectivity index (χ2n) is 7.57. The number of carbonyl (C=O) groups is 1. The van der Waals surface area contributed by atoms with Gasteiger partial charge in [0.1, 0.15) is 18.1 Å². The van der Waals surface area contributed by atoms with E-state index in [0.29, 0.717) is 24.8 Å². The number of aromatic nitrogens is 2. The Balaban J connectivity index is 1.55. The van der Waals surface area contributed by atoms with Crippen molar-refractivity contribution in [2.75, 3.05) is 18.5 Å². The van der Waals surface area contributed by atoms with E-state index < -0.39 is 0 Å². The van der Waals surface area contributed by atoms with Gasteiger partial charge in [0.05, 0.1) is 17.7 Å². The molecule has 1 aliphatic heterocycles. The van der Waals surface area contributed by atoms with Gasteiger partial charge in [0, 0.05) is 28.4 Å². The number of amides is 1. The molecule has 158 valence electrons. The lowest BCUT2D eigenvalue weighted by atomic mass is 10.0. The third kappa shape index (κ3) is 4.88. The molecule has 1 amide bonds. The summed E-state index contributed by atoms with van der Waals surface area (Å²) in [5.41, 5.74) is 3.28. The summed E-state index contributed by atoms with van der Waals surface area (Å²) in [6, 6.07) is 7.92. The standard InChI is InChI=1S/C22H26N4O3S/c1-14-22(15(2)29-26-14)19-11-16(25-21(27)12-18-8-10-24-30-18)6-7-20(19)28-13-17-5-3-4-9-23-17/h6-8,10-11,17,23H,3-5,9,12-13H2,1-2H3,(H,25,27). The highest BCUT2D eigenvalue weighted by Crippen LogP contribution is 2.37. The molecule has 0 spiro atoms. The molecule has 8 heteroatoms. The Morgan fingerprint density at radius 2 is 2.23 bits per heavy atom. The van der Waals surface area contributed by atoms with Gasteiger partial charge in [-0.25, -0.2) is 4.37 Å². The molecule has 3 heterocycles. The highest BCUT2D eigenvalue weighted by atomic mass is 32.1. The van der Waals surface area contributed by atoms with Crippen LogP contribution in [-0.2, 0) is 11.2 Å². The molecular weight excluding hydrogens is 400 g/mol. The smallest absolute Gasteiger partial charge is 0.229 e. The summed E-state index contributed by atoms with van der Waals surface area (Å²) in [6.45, 7) is 5.44. The Kier molecular flexibility index (Phi) is 6.44. The number of ether oxygens (including phenoxy) is 1. The third-order valence-electron chi connectivity index (χ3n) is 5.24. The fourth-order valence-corrected chi connectivity index (χ4v) is 4.32. The van der Waals surface area contributed by atoms with Crippen LogP contribution in [0.1, 0.15) is 35.6 Å². The Hall–Kier alpha value is -2.71. The van der Waals surface area contributed by atoms with E-state index >= 15 is 0 Å². The third-order valence-corrected chi connectivity index (χ3v) is 5.99. The molecule has 1 atom stereocenters. The zero-order valence-electron chi connectivity index (χ0n) is 17.2. The van der Waals surface area contributed by atoms with Crippen LogP contribution in [0.15, 0.2) is 35.0 Å². The molecule has 0 radical (unpaired) electrons. The van der Waals surface area contributed by atoms with Crippen molar-refractivity contribution < 1.29 is 14.1 Å². The highest BCUT2D eigenvalue weighted by molar-refractivity contribution is 7.05. The molecule has 1 aliphatic rings. The van der Waals surface area contributed by atoms with Gasteiger partial charge < -0.3 is 19.9 Å². The molecule has 30 heavy (non-hydrogen) atoms. The quantitative estimate of drug-likeness (QED) is 0.591. The number of carbonyl (C=O) groups excluding carboxylic acids is 1. The van der Waals surface area contributed by atoms with E-state index in [0.717, 1.165) is 46.2 Å². The summed E-state index contributed by atoms with van der Waals surface area (Å²) >= 11 is 1.33. The van der Waals surface area contributed by atoms with Gasteiger partial charge in [0.15, 0.2) is 0 Å². The Morgan fingerprint density at radius 3 is 2.93 bits per heavy atom. The van der Waals surface area contributed by atoms with E-state index in [2.05, 4.69) is 20.2 Å². The van der Waals surface area contributed by atoms with Crippen molar-refractivity contribution in [1.82, 2.24) is 14.8 Å². The molecule has 1 unspecified atom stereocenters. The first-order valence-corrected chi connectivity index (χ1v) is 11.0. The molecule has 0 bridgehead atoms. The summed E-state index contributed by atoms with van der Waals surface area (Å²) in [4.78, 5) is 13.4. The predicted molar refractivity (Wildman–Crippen MR) is 117 cm³/mol. The lowest BCUT2D eigenvalue weighted by Crippen LogP contribution is -2.38. The summed E-state index contributed by atoms with van der Waals surface area (Å²) in [6.07, 6.45) is 5.57. The van der Waals surface area contributed by atoms with Crippen LogP contribution in [0.2, 0.25) is 0 Å². The first-order valence-electron chi connectivity index (χ1n) is 10.2. The number of nitrogens with zero attached hydrogens (tertiary/aromatic N) is 2. The molecular formula is C22H26N4O3S. The molecule has 3 aromatic rings. The number of rotatable bonds is 7. The molecule has 4 rings (SSSR count). The minimum Gasteiger partial charge on any atom is -0.491 e. The van der Waals surface area contributed by atoms with Crippen LogP contribution in [0, 0.1) is 13.8 Å². The van der Waals surface area contributed by atoms with Gasteiger partial charge in [-0.3, -0.25) is 4.79 Å². The van der Waals surface area contributed by atoms with Crippen LogP contribution in [0.4, 0.5) is 5.69 Å². The molecule has 7 nitrogen and oxygen atoms in total. The lowest BCUT2D eigenvalue weighted by Gasteiger charge is -2.24. The van der Waals surface area contributed by atoms with Crippen molar-refractivity contribution in [3.63, 3.8) is 0 Å². The average molecular weight is 427 g/mol. The van der Waals surface area contributed by atoms with Crippen molar-refractivity contribution in [2.24, 2.45) is 0 Å². The number of hydrogen-bond donors (Lipinski definition) is 2. The van der Waals surface area contributed by atoms with Gasteiger partial charge in [-0.2, -0.15) is 0 Å². The summed E-state index contributed by atoms with van der Waals surface area (Å²) in [5.74, 6) is 1.41. The first kappa shape index (κ1) is 20.6. The lowest BCUT2D eigenvalue weighted by molar-refractivity contribution is -0.115. The minimum absolute atomic E-state index is 0.0796. The molecule has 1 saturated heterocycles. The molecule has 0 aliphatic carbocycles. The number of anilines is 1. The summed E-state index contributed by atoms with van der Waals surface area (Å²) < 4.78 is 15.6. The van der Waals surface area contributed by atoms with Crippen molar-refractivity contribution in [2.45, 2.75) is 45.6 Å². The minimum atomic E-state index is -0.0796. The van der Waals surface area contributed by atoms with Crippen LogP contribution < -0.4 is 15.4 Å². The number of benzene rings is 1. The van der Waals surface area contributed by atoms with Crippen LogP contribution in [0.5, 0.6) is 5.75 Å². The van der Waals surface area contributed by atoms with E-state index in [1.165, 1.54) is 24.4 Å². The van der Waals surface area contributed by atoms with E-state index in [4.69, 9.17) is 9.26 Å². The van der Waals surface area contributed by atoms with Crippen molar-refractivity contribution >= 4 is 23.1 Å². The maximum Gasteiger partial charge on any atom is 0.229 e. The zero-order valence-corrected chi connectivity index (χ0v) is 18.1. The van der Waals surface area contributed by atoms with Gasteiger partial charge >= 0.3 is 0 Å². The number of nitrogens with one attached hydrogen (secondary N) is 2. The highest BCUT2D eigenvalue weighted by Gasteiger charge is 2.19. The molecule has 1 fully saturated rings. The number of piperidine rings is 1. The molecule has 0 saturated carbocycles. The van der Waals surface area contributed by atoms with Gasteiger partial charge in [-0.05, 0) is 69.0 Å². The van der Waals surface area contributed by atoms with E-state index in [1.807, 2.05) is 38.1 Å². The summed E-state index contributed by atoms with van der Waals surface area (Å²) in [7, 11) is 0. The second-order valence-corrected chi connectivity index (χ2v) is 8.49. The average Bonchev–Trinajstić information content (AvgIpc) is 3.37. The van der Waals surface area contributed by atoms with Crippen molar-refractivity contribution in [3.8, 4) is 16.9 Å². The van der Waals surface area contributed by atoms with Crippen LogP contribution in [0.25, 0.3) is 11.1 Å². The molecule has 2 N–H and O–H groups in total. The number of aryl methyl sites for hydroxylation is 2. The van der Waals surface area contributed by atoms with Gasteiger partial charge in [-0.1, -0.05) is 11.6 Å². The van der Waals surface area contributed by atoms with E-state index in [-0.39, 0.29) is 5.91 Å². The van der Waals surface area contributed by atoms with Crippen LogP contribution in [-0.4, -0.2) is 34.6 Å². The molecule has 2 aromatic heterocycles. The fourth-order valence-electron chi connectivity index (χ4n) is 3.75. The van der Waals surface area contributed by atoms with Crippen molar-refractivity contribution in [3.05, 3.63) is 46.8 Å². The Bertz CT molecular complexity index is 974. The van der Waals surface area contributed by atoms with Gasteiger partial charge in [0.2, 0.25) is 5.91 Å². The first-order chi connectivity index (χ1) is 14.6. The topological polar surface area (TPSA) is 89.3 Å². The van der Waals surface area contributed by atoms with Gasteiger partial charge in [0.25, 0.3) is 0 Å². The van der Waals surface area contributed by atoms with Crippen LogP contribution in [0.3, 0.4) is 0 Å². The van der Waals surface area contributed by atoms with E-state index in [1.54, 1.807) is 6.20 Å². The maximum atomic E-state index is 12.4. The largest absolute Gasteiger partial charge is 0.491 e. The van der Waals surface area contributed by atoms with Crippen molar-refractivity contribution in [1.29, 1.82) is 0 Å². The molecule has 1 aromatic carbocycles. The SMILES string of the molecule is Cc1noc(C)c1-c1cc(NC(=O)Cc2ccns2)ccc1OCC1CCCCN1. The van der Waals surface area contributed by atoms with Crippen LogP contribution >= 0.6 is 11.5 Å². The predicted octanol–water partition coefficient (Wildman–Crippen LogP) is 4.12.